The molecule has 1 saturated heterocycles. The molecule has 0 bridgehead atoms. The number of nitrogens with zero attached hydrogens (tertiary/aromatic N) is 3. The number of hydrogen-bond acceptors (Lipinski definition) is 4. The van der Waals surface area contributed by atoms with E-state index in [2.05, 4.69) is 0 Å². The van der Waals surface area contributed by atoms with Gasteiger partial charge in [0.2, 0.25) is 5.91 Å². The van der Waals surface area contributed by atoms with Gasteiger partial charge < -0.3 is 19.3 Å². The lowest BCUT2D eigenvalue weighted by Crippen LogP contribution is -2.39. The molecule has 1 fully saturated rings. The summed E-state index contributed by atoms with van der Waals surface area (Å²) in [5.74, 6) is 1.26. The van der Waals surface area contributed by atoms with Crippen molar-refractivity contribution in [2.75, 3.05) is 51.8 Å². The zero-order valence-electron chi connectivity index (χ0n) is 12.7. The number of anilines is 1. The van der Waals surface area contributed by atoms with Crippen LogP contribution in [0, 0.1) is 0 Å². The number of likely N-dealkylation sites (N-methyl/N-ethyl adjacent to an activating group) is 1. The van der Waals surface area contributed by atoms with Crippen molar-refractivity contribution in [2.45, 2.75) is 0 Å². The first-order valence-corrected chi connectivity index (χ1v) is 7.22. The molecule has 0 spiro atoms. The molecule has 0 radical (unpaired) electrons. The summed E-state index contributed by atoms with van der Waals surface area (Å²) in [6.07, 6.45) is 0. The average Bonchev–Trinajstić information content (AvgIpc) is 2.87. The van der Waals surface area contributed by atoms with Crippen LogP contribution in [0.5, 0.6) is 11.5 Å². The standard InChI is InChI=1S/C15H19N3O4/c1-16(2)14(19)10-17-5-6-18(15(17)20)11-3-4-12-13(9-11)22-8-7-21-12/h3-4,9H,5-8,10H2,1-2H3. The molecular weight excluding hydrogens is 286 g/mol. The molecule has 2 aliphatic heterocycles. The van der Waals surface area contributed by atoms with Gasteiger partial charge in [0.1, 0.15) is 19.8 Å². The lowest BCUT2D eigenvalue weighted by atomic mass is 10.2. The van der Waals surface area contributed by atoms with Crippen molar-refractivity contribution in [2.24, 2.45) is 0 Å². The van der Waals surface area contributed by atoms with Crippen molar-refractivity contribution < 1.29 is 19.1 Å². The van der Waals surface area contributed by atoms with Gasteiger partial charge in [0, 0.05) is 38.9 Å². The van der Waals surface area contributed by atoms with Crippen LogP contribution in [0.15, 0.2) is 18.2 Å². The highest BCUT2D eigenvalue weighted by atomic mass is 16.6. The Morgan fingerprint density at radius 2 is 1.91 bits per heavy atom. The fourth-order valence-corrected chi connectivity index (χ4v) is 2.47. The molecule has 0 aliphatic carbocycles. The highest BCUT2D eigenvalue weighted by Gasteiger charge is 2.31. The Balaban J connectivity index is 1.73. The number of rotatable bonds is 3. The van der Waals surface area contributed by atoms with E-state index in [0.717, 1.165) is 5.69 Å². The summed E-state index contributed by atoms with van der Waals surface area (Å²) in [5.41, 5.74) is 0.758. The molecule has 2 heterocycles. The van der Waals surface area contributed by atoms with Crippen molar-refractivity contribution in [3.63, 3.8) is 0 Å². The minimum Gasteiger partial charge on any atom is -0.486 e. The third kappa shape index (κ3) is 2.66. The maximum Gasteiger partial charge on any atom is 0.325 e. The van der Waals surface area contributed by atoms with Gasteiger partial charge in [0.05, 0.1) is 0 Å². The van der Waals surface area contributed by atoms with Gasteiger partial charge in [-0.1, -0.05) is 0 Å². The fourth-order valence-electron chi connectivity index (χ4n) is 2.47. The Bertz CT molecular complexity index is 602. The highest BCUT2D eigenvalue weighted by molar-refractivity contribution is 5.96. The van der Waals surface area contributed by atoms with Crippen LogP contribution in [0.25, 0.3) is 0 Å². The molecule has 1 aromatic carbocycles. The smallest absolute Gasteiger partial charge is 0.325 e. The van der Waals surface area contributed by atoms with E-state index in [1.807, 2.05) is 18.2 Å². The van der Waals surface area contributed by atoms with Gasteiger partial charge in [0.25, 0.3) is 0 Å². The van der Waals surface area contributed by atoms with Gasteiger partial charge in [-0.2, -0.15) is 0 Å². The first-order chi connectivity index (χ1) is 10.6. The summed E-state index contributed by atoms with van der Waals surface area (Å²) in [4.78, 5) is 28.9. The van der Waals surface area contributed by atoms with Gasteiger partial charge in [-0.3, -0.25) is 9.69 Å². The van der Waals surface area contributed by atoms with Gasteiger partial charge in [-0.15, -0.1) is 0 Å². The number of ether oxygens (including phenoxy) is 2. The molecular formula is C15H19N3O4. The number of fused-ring (bicyclic) bond motifs is 1. The zero-order chi connectivity index (χ0) is 15.7. The van der Waals surface area contributed by atoms with Crippen molar-refractivity contribution in [1.29, 1.82) is 0 Å². The SMILES string of the molecule is CN(C)C(=O)CN1CCN(c2ccc3c(c2)OCCO3)C1=O. The highest BCUT2D eigenvalue weighted by Crippen LogP contribution is 2.34. The van der Waals surface area contributed by atoms with Gasteiger partial charge in [-0.25, -0.2) is 4.79 Å². The lowest BCUT2D eigenvalue weighted by Gasteiger charge is -2.22. The second-order valence-electron chi connectivity index (χ2n) is 5.47. The van der Waals surface area contributed by atoms with Crippen LogP contribution in [-0.4, -0.2) is 68.7 Å². The molecule has 7 nitrogen and oxygen atoms in total. The predicted octanol–water partition coefficient (Wildman–Crippen LogP) is 0.788. The molecule has 0 saturated carbocycles. The van der Waals surface area contributed by atoms with Crippen LogP contribution >= 0.6 is 0 Å². The van der Waals surface area contributed by atoms with Crippen LogP contribution < -0.4 is 14.4 Å². The monoisotopic (exact) mass is 305 g/mol. The summed E-state index contributed by atoms with van der Waals surface area (Å²) >= 11 is 0. The predicted molar refractivity (Wildman–Crippen MR) is 80.4 cm³/mol. The summed E-state index contributed by atoms with van der Waals surface area (Å²) < 4.78 is 11.0. The second kappa shape index (κ2) is 5.75. The summed E-state index contributed by atoms with van der Waals surface area (Å²) in [6.45, 7) is 2.24. The largest absolute Gasteiger partial charge is 0.486 e. The molecule has 3 amide bonds. The molecule has 3 rings (SSSR count). The normalized spacial score (nSPS) is 16.9. The molecule has 0 unspecified atom stereocenters. The van der Waals surface area contributed by atoms with Crippen LogP contribution in [-0.2, 0) is 4.79 Å². The Morgan fingerprint density at radius 1 is 1.18 bits per heavy atom. The number of urea groups is 1. The maximum absolute atomic E-state index is 12.4. The molecule has 0 N–H and O–H groups in total. The van der Waals surface area contributed by atoms with Crippen LogP contribution in [0.2, 0.25) is 0 Å². The van der Waals surface area contributed by atoms with Crippen LogP contribution in [0.4, 0.5) is 10.5 Å². The van der Waals surface area contributed by atoms with Gasteiger partial charge >= 0.3 is 6.03 Å². The molecule has 118 valence electrons. The Hall–Kier alpha value is -2.44. The number of hydrogen-bond donors (Lipinski definition) is 0. The van der Waals surface area contributed by atoms with Crippen molar-refractivity contribution in [3.05, 3.63) is 18.2 Å². The Labute approximate surface area is 129 Å². The van der Waals surface area contributed by atoms with Crippen LogP contribution in [0.3, 0.4) is 0 Å². The summed E-state index contributed by atoms with van der Waals surface area (Å²) in [6, 6.07) is 5.30. The zero-order valence-corrected chi connectivity index (χ0v) is 12.7. The molecule has 7 heteroatoms. The third-order valence-corrected chi connectivity index (χ3v) is 3.76. The second-order valence-corrected chi connectivity index (χ2v) is 5.47. The van der Waals surface area contributed by atoms with E-state index >= 15 is 0 Å². The molecule has 0 aromatic heterocycles. The average molecular weight is 305 g/mol. The summed E-state index contributed by atoms with van der Waals surface area (Å²) in [7, 11) is 3.36. The van der Waals surface area contributed by atoms with Crippen molar-refractivity contribution >= 4 is 17.6 Å². The van der Waals surface area contributed by atoms with E-state index in [1.54, 1.807) is 23.9 Å². The minimum absolute atomic E-state index is 0.0858. The first-order valence-electron chi connectivity index (χ1n) is 7.22. The van der Waals surface area contributed by atoms with Crippen molar-refractivity contribution in [1.82, 2.24) is 9.80 Å². The van der Waals surface area contributed by atoms with E-state index in [-0.39, 0.29) is 18.5 Å². The van der Waals surface area contributed by atoms with E-state index in [1.165, 1.54) is 4.90 Å². The maximum atomic E-state index is 12.4. The third-order valence-electron chi connectivity index (χ3n) is 3.76. The Kier molecular flexibility index (Phi) is 3.79. The number of carbonyl (C=O) groups excluding carboxylic acids is 2. The molecule has 22 heavy (non-hydrogen) atoms. The number of amides is 3. The number of benzene rings is 1. The Morgan fingerprint density at radius 3 is 2.64 bits per heavy atom. The van der Waals surface area contributed by atoms with Gasteiger partial charge in [-0.05, 0) is 12.1 Å². The molecule has 1 aromatic rings. The molecule has 0 atom stereocenters. The van der Waals surface area contributed by atoms with Crippen LogP contribution in [0.1, 0.15) is 0 Å². The quantitative estimate of drug-likeness (QED) is 0.828. The summed E-state index contributed by atoms with van der Waals surface area (Å²) in [5, 5.41) is 0. The van der Waals surface area contributed by atoms with E-state index in [0.29, 0.717) is 37.8 Å². The first kappa shape index (κ1) is 14.5. The molecule has 2 aliphatic rings. The van der Waals surface area contributed by atoms with Gasteiger partial charge in [0.15, 0.2) is 11.5 Å². The van der Waals surface area contributed by atoms with E-state index < -0.39 is 0 Å². The lowest BCUT2D eigenvalue weighted by molar-refractivity contribution is -0.129. The fraction of sp³-hybridized carbons (Fsp3) is 0.467. The van der Waals surface area contributed by atoms with E-state index in [9.17, 15) is 9.59 Å². The number of carbonyl (C=O) groups is 2. The van der Waals surface area contributed by atoms with E-state index in [4.69, 9.17) is 9.47 Å². The topological polar surface area (TPSA) is 62.3 Å². The van der Waals surface area contributed by atoms with Crippen molar-refractivity contribution in [3.8, 4) is 11.5 Å². The minimum atomic E-state index is -0.160.